The van der Waals surface area contributed by atoms with E-state index in [4.69, 9.17) is 9.47 Å². The second kappa shape index (κ2) is 8.78. The van der Waals surface area contributed by atoms with Gasteiger partial charge < -0.3 is 14.8 Å². The minimum absolute atomic E-state index is 0.00490. The molecular weight excluding hydrogens is 238 g/mol. The van der Waals surface area contributed by atoms with Crippen molar-refractivity contribution in [3.63, 3.8) is 0 Å². The molecular formula is C12H23NO3S. The van der Waals surface area contributed by atoms with Gasteiger partial charge in [0.1, 0.15) is 6.61 Å². The zero-order chi connectivity index (χ0) is 12.5. The Bertz CT molecular complexity index is 226. The largest absolute Gasteiger partial charge is 0.382 e. The third-order valence-corrected chi connectivity index (χ3v) is 4.17. The summed E-state index contributed by atoms with van der Waals surface area (Å²) in [5, 5.41) is 3.65. The standard InChI is InChI=1S/C12H23NO3S/c1-3-17-11-6-4-5-10(11)13-12(14)9-16-8-7-15-2/h10-11H,3-9H2,1-2H3,(H,13,14). The van der Waals surface area contributed by atoms with E-state index in [0.29, 0.717) is 24.5 Å². The minimum atomic E-state index is -0.00490. The van der Waals surface area contributed by atoms with E-state index in [-0.39, 0.29) is 12.5 Å². The number of thioether (sulfide) groups is 1. The van der Waals surface area contributed by atoms with Gasteiger partial charge in [-0.1, -0.05) is 13.3 Å². The van der Waals surface area contributed by atoms with Crippen LogP contribution in [0.2, 0.25) is 0 Å². The molecule has 0 spiro atoms. The smallest absolute Gasteiger partial charge is 0.246 e. The first-order valence-corrected chi connectivity index (χ1v) is 7.30. The highest BCUT2D eigenvalue weighted by molar-refractivity contribution is 7.99. The molecule has 2 atom stereocenters. The quantitative estimate of drug-likeness (QED) is 0.672. The first-order chi connectivity index (χ1) is 8.27. The fourth-order valence-corrected chi connectivity index (χ4v) is 3.26. The van der Waals surface area contributed by atoms with Gasteiger partial charge in [0.25, 0.3) is 0 Å². The van der Waals surface area contributed by atoms with E-state index in [2.05, 4.69) is 12.2 Å². The molecule has 2 unspecified atom stereocenters. The normalized spacial score (nSPS) is 23.9. The van der Waals surface area contributed by atoms with Crippen molar-refractivity contribution in [3.05, 3.63) is 0 Å². The molecule has 1 fully saturated rings. The third kappa shape index (κ3) is 5.75. The summed E-state index contributed by atoms with van der Waals surface area (Å²) in [7, 11) is 1.62. The van der Waals surface area contributed by atoms with Gasteiger partial charge in [0.2, 0.25) is 5.91 Å². The van der Waals surface area contributed by atoms with Crippen LogP contribution in [-0.2, 0) is 14.3 Å². The lowest BCUT2D eigenvalue weighted by Gasteiger charge is -2.20. The van der Waals surface area contributed by atoms with Gasteiger partial charge in [-0.05, 0) is 18.6 Å². The Balaban J connectivity index is 2.16. The minimum Gasteiger partial charge on any atom is -0.382 e. The van der Waals surface area contributed by atoms with E-state index in [1.54, 1.807) is 7.11 Å². The molecule has 0 heterocycles. The molecule has 4 nitrogen and oxygen atoms in total. The van der Waals surface area contributed by atoms with Crippen molar-refractivity contribution in [2.75, 3.05) is 32.7 Å². The van der Waals surface area contributed by atoms with E-state index >= 15 is 0 Å². The maximum Gasteiger partial charge on any atom is 0.246 e. The monoisotopic (exact) mass is 261 g/mol. The predicted molar refractivity (Wildman–Crippen MR) is 70.4 cm³/mol. The van der Waals surface area contributed by atoms with Crippen LogP contribution in [-0.4, -0.2) is 49.9 Å². The highest BCUT2D eigenvalue weighted by atomic mass is 32.2. The lowest BCUT2D eigenvalue weighted by Crippen LogP contribution is -2.40. The molecule has 17 heavy (non-hydrogen) atoms. The van der Waals surface area contributed by atoms with Crippen molar-refractivity contribution < 1.29 is 14.3 Å². The summed E-state index contributed by atoms with van der Waals surface area (Å²) >= 11 is 1.95. The van der Waals surface area contributed by atoms with Gasteiger partial charge in [-0.3, -0.25) is 4.79 Å². The van der Waals surface area contributed by atoms with Crippen molar-refractivity contribution in [2.45, 2.75) is 37.5 Å². The topological polar surface area (TPSA) is 47.6 Å². The Morgan fingerprint density at radius 3 is 2.94 bits per heavy atom. The molecule has 0 aliphatic heterocycles. The Kier molecular flexibility index (Phi) is 7.64. The molecule has 1 amide bonds. The molecule has 0 radical (unpaired) electrons. The molecule has 0 saturated heterocycles. The summed E-state index contributed by atoms with van der Waals surface area (Å²) in [6.07, 6.45) is 3.53. The Hall–Kier alpha value is -0.260. The van der Waals surface area contributed by atoms with Gasteiger partial charge in [0, 0.05) is 18.4 Å². The van der Waals surface area contributed by atoms with Gasteiger partial charge in [0.15, 0.2) is 0 Å². The summed E-state index contributed by atoms with van der Waals surface area (Å²) < 4.78 is 10.0. The summed E-state index contributed by atoms with van der Waals surface area (Å²) in [5.41, 5.74) is 0. The van der Waals surface area contributed by atoms with Gasteiger partial charge in [-0.2, -0.15) is 11.8 Å². The predicted octanol–water partition coefficient (Wildman–Crippen LogP) is 1.44. The lowest BCUT2D eigenvalue weighted by atomic mass is 10.2. The highest BCUT2D eigenvalue weighted by Gasteiger charge is 2.28. The second-order valence-corrected chi connectivity index (χ2v) is 5.66. The summed E-state index contributed by atoms with van der Waals surface area (Å²) in [5.74, 6) is 1.11. The van der Waals surface area contributed by atoms with Crippen molar-refractivity contribution in [1.29, 1.82) is 0 Å². The van der Waals surface area contributed by atoms with Gasteiger partial charge >= 0.3 is 0 Å². The van der Waals surface area contributed by atoms with Gasteiger partial charge in [0.05, 0.1) is 13.2 Å². The third-order valence-electron chi connectivity index (χ3n) is 2.84. The number of hydrogen-bond donors (Lipinski definition) is 1. The second-order valence-electron chi connectivity index (χ2n) is 4.14. The maximum absolute atomic E-state index is 11.6. The van der Waals surface area contributed by atoms with Crippen LogP contribution in [0.1, 0.15) is 26.2 Å². The Morgan fingerprint density at radius 2 is 2.24 bits per heavy atom. The van der Waals surface area contributed by atoms with E-state index in [1.165, 1.54) is 12.8 Å². The van der Waals surface area contributed by atoms with Crippen LogP contribution in [0.5, 0.6) is 0 Å². The molecule has 0 bridgehead atoms. The van der Waals surface area contributed by atoms with E-state index in [0.717, 1.165) is 12.2 Å². The average Bonchev–Trinajstić information content (AvgIpc) is 2.73. The number of rotatable bonds is 8. The maximum atomic E-state index is 11.6. The molecule has 1 aliphatic rings. The van der Waals surface area contributed by atoms with Crippen molar-refractivity contribution in [1.82, 2.24) is 5.32 Å². The van der Waals surface area contributed by atoms with Gasteiger partial charge in [-0.15, -0.1) is 0 Å². The molecule has 1 rings (SSSR count). The average molecular weight is 261 g/mol. The molecule has 1 N–H and O–H groups in total. The van der Waals surface area contributed by atoms with Crippen LogP contribution in [0.25, 0.3) is 0 Å². The number of ether oxygens (including phenoxy) is 2. The molecule has 1 aliphatic carbocycles. The van der Waals surface area contributed by atoms with E-state index < -0.39 is 0 Å². The number of hydrogen-bond acceptors (Lipinski definition) is 4. The summed E-state index contributed by atoms with van der Waals surface area (Å²) in [4.78, 5) is 11.6. The van der Waals surface area contributed by atoms with Crippen LogP contribution in [0, 0.1) is 0 Å². The number of amides is 1. The van der Waals surface area contributed by atoms with Crippen molar-refractivity contribution in [3.8, 4) is 0 Å². The van der Waals surface area contributed by atoms with E-state index in [9.17, 15) is 4.79 Å². The molecule has 1 saturated carbocycles. The number of carbonyl (C=O) groups is 1. The SMILES string of the molecule is CCSC1CCCC1NC(=O)COCCOC. The van der Waals surface area contributed by atoms with Crippen LogP contribution in [0.15, 0.2) is 0 Å². The molecule has 0 aromatic heterocycles. The first kappa shape index (κ1) is 14.8. The summed E-state index contributed by atoms with van der Waals surface area (Å²) in [6.45, 7) is 3.31. The zero-order valence-corrected chi connectivity index (χ0v) is 11.6. The number of nitrogens with one attached hydrogen (secondary N) is 1. The van der Waals surface area contributed by atoms with E-state index in [1.807, 2.05) is 11.8 Å². The van der Waals surface area contributed by atoms with Crippen molar-refractivity contribution >= 4 is 17.7 Å². The van der Waals surface area contributed by atoms with Gasteiger partial charge in [-0.25, -0.2) is 0 Å². The molecule has 5 heteroatoms. The summed E-state index contributed by atoms with van der Waals surface area (Å²) in [6, 6.07) is 0.332. The fraction of sp³-hybridized carbons (Fsp3) is 0.917. The highest BCUT2D eigenvalue weighted by Crippen LogP contribution is 2.29. The van der Waals surface area contributed by atoms with Crippen molar-refractivity contribution in [2.24, 2.45) is 0 Å². The van der Waals surface area contributed by atoms with Crippen LogP contribution >= 0.6 is 11.8 Å². The Morgan fingerprint density at radius 1 is 1.41 bits per heavy atom. The zero-order valence-electron chi connectivity index (χ0n) is 10.7. The molecule has 0 aromatic carbocycles. The van der Waals surface area contributed by atoms with Crippen LogP contribution in [0.3, 0.4) is 0 Å². The van der Waals surface area contributed by atoms with Crippen LogP contribution in [0.4, 0.5) is 0 Å². The Labute approximate surface area is 108 Å². The number of carbonyl (C=O) groups excluding carboxylic acids is 1. The van der Waals surface area contributed by atoms with Crippen LogP contribution < -0.4 is 5.32 Å². The fourth-order valence-electron chi connectivity index (χ4n) is 2.06. The molecule has 100 valence electrons. The first-order valence-electron chi connectivity index (χ1n) is 6.25. The lowest BCUT2D eigenvalue weighted by molar-refractivity contribution is -0.126. The number of methoxy groups -OCH3 is 1. The molecule has 0 aromatic rings.